The molecule has 1 unspecified atom stereocenters. The summed E-state index contributed by atoms with van der Waals surface area (Å²) >= 11 is 0. The zero-order valence-electron chi connectivity index (χ0n) is 15.7. The maximum Gasteiger partial charge on any atom is 0.345 e. The summed E-state index contributed by atoms with van der Waals surface area (Å²) in [5, 5.41) is 9.54. The Morgan fingerprint density at radius 2 is 1.79 bits per heavy atom. The molecule has 7 nitrogen and oxygen atoms in total. The molecule has 0 radical (unpaired) electrons. The fourth-order valence-electron chi connectivity index (χ4n) is 2.67. The molecule has 0 amide bonds. The fraction of sp³-hybridized carbons (Fsp3) is 0.238. The van der Waals surface area contributed by atoms with Gasteiger partial charge in [-0.1, -0.05) is 26.0 Å². The molecule has 0 aliphatic heterocycles. The Morgan fingerprint density at radius 3 is 2.43 bits per heavy atom. The van der Waals surface area contributed by atoms with E-state index in [-0.39, 0.29) is 28.1 Å². The van der Waals surface area contributed by atoms with Gasteiger partial charge in [-0.3, -0.25) is 4.79 Å². The van der Waals surface area contributed by atoms with Crippen molar-refractivity contribution in [3.05, 3.63) is 59.0 Å². The van der Waals surface area contributed by atoms with Crippen molar-refractivity contribution in [3.63, 3.8) is 0 Å². The van der Waals surface area contributed by atoms with E-state index in [2.05, 4.69) is 0 Å². The lowest BCUT2D eigenvalue weighted by atomic mass is 10.1. The molecule has 1 aromatic heterocycles. The van der Waals surface area contributed by atoms with Crippen LogP contribution in [0, 0.1) is 5.92 Å². The van der Waals surface area contributed by atoms with Crippen LogP contribution in [-0.2, 0) is 4.79 Å². The largest absolute Gasteiger partial charge is 0.493 e. The lowest BCUT2D eigenvalue weighted by Gasteiger charge is -2.18. The Labute approximate surface area is 161 Å². The normalized spacial score (nSPS) is 12.0. The minimum absolute atomic E-state index is 0.0104. The molecule has 2 aromatic carbocycles. The molecule has 7 heteroatoms. The zero-order valence-corrected chi connectivity index (χ0v) is 15.7. The van der Waals surface area contributed by atoms with E-state index in [1.54, 1.807) is 38.1 Å². The molecule has 0 saturated heterocycles. The third-order valence-corrected chi connectivity index (χ3v) is 4.12. The van der Waals surface area contributed by atoms with Gasteiger partial charge in [-0.2, -0.15) is 0 Å². The van der Waals surface area contributed by atoms with Gasteiger partial charge >= 0.3 is 5.97 Å². The van der Waals surface area contributed by atoms with Crippen molar-refractivity contribution in [2.45, 2.75) is 20.0 Å². The number of para-hydroxylation sites is 2. The smallest absolute Gasteiger partial charge is 0.345 e. The molecule has 3 rings (SSSR count). The molecule has 1 heterocycles. The zero-order chi connectivity index (χ0) is 20.3. The summed E-state index contributed by atoms with van der Waals surface area (Å²) in [7, 11) is 1.51. The third-order valence-electron chi connectivity index (χ3n) is 4.12. The monoisotopic (exact) mass is 384 g/mol. The average molecular weight is 384 g/mol. The van der Waals surface area contributed by atoms with Gasteiger partial charge < -0.3 is 23.7 Å². The SMILES string of the molecule is COc1ccccc1Oc1coc2cc(OC(C(=O)O)C(C)C)ccc2c1=O. The quantitative estimate of drug-likeness (QED) is 0.656. The molecule has 0 bridgehead atoms. The highest BCUT2D eigenvalue weighted by Crippen LogP contribution is 2.31. The van der Waals surface area contributed by atoms with E-state index in [1.807, 2.05) is 0 Å². The Bertz CT molecular complexity index is 1050. The van der Waals surface area contributed by atoms with Gasteiger partial charge in [0.1, 0.15) is 17.6 Å². The molecule has 28 heavy (non-hydrogen) atoms. The second kappa shape index (κ2) is 8.04. The van der Waals surface area contributed by atoms with Crippen LogP contribution in [0.5, 0.6) is 23.0 Å². The maximum absolute atomic E-state index is 12.7. The van der Waals surface area contributed by atoms with Gasteiger partial charge in [0.05, 0.1) is 12.5 Å². The first-order valence-electron chi connectivity index (χ1n) is 8.66. The van der Waals surface area contributed by atoms with Crippen molar-refractivity contribution in [2.75, 3.05) is 7.11 Å². The van der Waals surface area contributed by atoms with Gasteiger partial charge in [-0.15, -0.1) is 0 Å². The van der Waals surface area contributed by atoms with Crippen molar-refractivity contribution >= 4 is 16.9 Å². The van der Waals surface area contributed by atoms with Gasteiger partial charge in [0.15, 0.2) is 17.6 Å². The molecule has 0 saturated carbocycles. The first-order valence-corrected chi connectivity index (χ1v) is 8.66. The number of carbonyl (C=O) groups is 1. The van der Waals surface area contributed by atoms with Crippen molar-refractivity contribution in [2.24, 2.45) is 5.92 Å². The van der Waals surface area contributed by atoms with Crippen LogP contribution in [0.15, 0.2) is 57.9 Å². The van der Waals surface area contributed by atoms with Crippen molar-refractivity contribution < 1.29 is 28.5 Å². The highest BCUT2D eigenvalue weighted by atomic mass is 16.5. The standard InChI is InChI=1S/C21H20O7/c1-12(2)20(21(23)24)27-13-8-9-14-17(10-13)26-11-18(19(14)22)28-16-7-5-4-6-15(16)25-3/h4-12,20H,1-3H3,(H,23,24). The molecule has 0 aliphatic rings. The molecule has 3 aromatic rings. The van der Waals surface area contributed by atoms with Crippen LogP contribution < -0.4 is 19.6 Å². The number of rotatable bonds is 7. The first-order chi connectivity index (χ1) is 13.4. The molecular weight excluding hydrogens is 364 g/mol. The van der Waals surface area contributed by atoms with Gasteiger partial charge in [0.25, 0.3) is 0 Å². The third kappa shape index (κ3) is 3.93. The van der Waals surface area contributed by atoms with Crippen LogP contribution in [0.25, 0.3) is 11.0 Å². The predicted molar refractivity (Wildman–Crippen MR) is 102 cm³/mol. The number of benzene rings is 2. The number of aliphatic carboxylic acids is 1. The van der Waals surface area contributed by atoms with E-state index >= 15 is 0 Å². The second-order valence-corrected chi connectivity index (χ2v) is 6.46. The summed E-state index contributed by atoms with van der Waals surface area (Å²) in [4.78, 5) is 24.0. The van der Waals surface area contributed by atoms with Crippen LogP contribution in [-0.4, -0.2) is 24.3 Å². The van der Waals surface area contributed by atoms with E-state index in [1.165, 1.54) is 31.6 Å². The molecular formula is C21H20O7. The minimum atomic E-state index is -1.06. The second-order valence-electron chi connectivity index (χ2n) is 6.46. The highest BCUT2D eigenvalue weighted by Gasteiger charge is 2.23. The lowest BCUT2D eigenvalue weighted by molar-refractivity contribution is -0.147. The number of carboxylic acid groups (broad SMARTS) is 1. The number of methoxy groups -OCH3 is 1. The van der Waals surface area contributed by atoms with Crippen LogP contribution in [0.4, 0.5) is 0 Å². The molecule has 0 fully saturated rings. The van der Waals surface area contributed by atoms with Crippen molar-refractivity contribution in [1.29, 1.82) is 0 Å². The maximum atomic E-state index is 12.7. The van der Waals surface area contributed by atoms with Crippen LogP contribution in [0.3, 0.4) is 0 Å². The fourth-order valence-corrected chi connectivity index (χ4v) is 2.67. The van der Waals surface area contributed by atoms with Crippen molar-refractivity contribution in [3.8, 4) is 23.0 Å². The van der Waals surface area contributed by atoms with E-state index < -0.39 is 12.1 Å². The van der Waals surface area contributed by atoms with Gasteiger partial charge in [-0.25, -0.2) is 4.79 Å². The highest BCUT2D eigenvalue weighted by molar-refractivity contribution is 5.79. The Hall–Kier alpha value is -3.48. The molecule has 0 aliphatic carbocycles. The summed E-state index contributed by atoms with van der Waals surface area (Å²) in [5.74, 6) is -0.0997. The Morgan fingerprint density at radius 1 is 1.07 bits per heavy atom. The molecule has 0 spiro atoms. The Kier molecular flexibility index (Phi) is 5.54. The van der Waals surface area contributed by atoms with Crippen LogP contribution >= 0.6 is 0 Å². The van der Waals surface area contributed by atoms with Crippen LogP contribution in [0.2, 0.25) is 0 Å². The summed E-state index contributed by atoms with van der Waals surface area (Å²) in [6.45, 7) is 3.50. The van der Waals surface area contributed by atoms with Crippen molar-refractivity contribution in [1.82, 2.24) is 0 Å². The summed E-state index contributed by atoms with van der Waals surface area (Å²) in [6.07, 6.45) is 0.204. The van der Waals surface area contributed by atoms with E-state index in [4.69, 9.17) is 18.6 Å². The van der Waals surface area contributed by atoms with Gasteiger partial charge in [-0.05, 0) is 24.3 Å². The number of hydrogen-bond acceptors (Lipinski definition) is 6. The van der Waals surface area contributed by atoms with E-state index in [0.717, 1.165) is 0 Å². The first kappa shape index (κ1) is 19.3. The lowest BCUT2D eigenvalue weighted by Crippen LogP contribution is -2.32. The molecule has 1 N–H and O–H groups in total. The Balaban J connectivity index is 1.93. The predicted octanol–water partition coefficient (Wildman–Crippen LogP) is 4.08. The van der Waals surface area contributed by atoms with E-state index in [9.17, 15) is 14.7 Å². The summed E-state index contributed by atoms with van der Waals surface area (Å²) in [6, 6.07) is 11.5. The average Bonchev–Trinajstić information content (AvgIpc) is 2.68. The van der Waals surface area contributed by atoms with Gasteiger partial charge in [0, 0.05) is 12.0 Å². The van der Waals surface area contributed by atoms with E-state index in [0.29, 0.717) is 17.2 Å². The topological polar surface area (TPSA) is 95.2 Å². The summed E-state index contributed by atoms with van der Waals surface area (Å²) < 4.78 is 21.9. The minimum Gasteiger partial charge on any atom is -0.493 e. The summed E-state index contributed by atoms with van der Waals surface area (Å²) in [5.41, 5.74) is -0.0971. The number of hydrogen-bond donors (Lipinski definition) is 1. The van der Waals surface area contributed by atoms with Gasteiger partial charge in [0.2, 0.25) is 11.2 Å². The van der Waals surface area contributed by atoms with Crippen LogP contribution in [0.1, 0.15) is 13.8 Å². The number of carboxylic acids is 1. The molecule has 1 atom stereocenters. The number of fused-ring (bicyclic) bond motifs is 1. The number of ether oxygens (including phenoxy) is 3. The molecule has 146 valence electrons.